The molecule has 1 saturated heterocycles. The van der Waals surface area contributed by atoms with Gasteiger partial charge in [-0.1, -0.05) is 0 Å². The molecule has 0 saturated carbocycles. The van der Waals surface area contributed by atoms with Gasteiger partial charge in [0.15, 0.2) is 0 Å². The zero-order valence-electron chi connectivity index (χ0n) is 9.90. The van der Waals surface area contributed by atoms with Crippen LogP contribution in [0.3, 0.4) is 0 Å². The third-order valence-electron chi connectivity index (χ3n) is 3.27. The zero-order chi connectivity index (χ0) is 11.7. The molecule has 3 rings (SSSR count). The Kier molecular flexibility index (Phi) is 2.99. The SMILES string of the molecule is COc1ccc2nc(CC3CCNC3)sc2c1. The number of nitrogens with one attached hydrogen (secondary N) is 1. The topological polar surface area (TPSA) is 34.1 Å². The van der Waals surface area contributed by atoms with E-state index >= 15 is 0 Å². The first-order valence-corrected chi connectivity index (χ1v) is 6.81. The largest absolute Gasteiger partial charge is 0.497 e. The number of ether oxygens (including phenoxy) is 1. The van der Waals surface area contributed by atoms with Gasteiger partial charge >= 0.3 is 0 Å². The molecule has 0 radical (unpaired) electrons. The Morgan fingerprint density at radius 3 is 3.24 bits per heavy atom. The molecule has 1 atom stereocenters. The predicted molar refractivity (Wildman–Crippen MR) is 70.9 cm³/mol. The summed E-state index contributed by atoms with van der Waals surface area (Å²) in [7, 11) is 1.70. The lowest BCUT2D eigenvalue weighted by molar-refractivity contribution is 0.415. The minimum absolute atomic E-state index is 0.762. The van der Waals surface area contributed by atoms with Gasteiger partial charge in [0.2, 0.25) is 0 Å². The third kappa shape index (κ3) is 2.28. The summed E-state index contributed by atoms with van der Waals surface area (Å²) in [5.74, 6) is 1.67. The van der Waals surface area contributed by atoms with E-state index in [9.17, 15) is 0 Å². The molecule has 1 unspecified atom stereocenters. The van der Waals surface area contributed by atoms with Gasteiger partial charge in [-0.3, -0.25) is 0 Å². The van der Waals surface area contributed by atoms with E-state index in [0.29, 0.717) is 0 Å². The summed E-state index contributed by atoms with van der Waals surface area (Å²) < 4.78 is 6.46. The first kappa shape index (κ1) is 11.0. The first-order valence-electron chi connectivity index (χ1n) is 5.99. The Bertz CT molecular complexity index is 517. The summed E-state index contributed by atoms with van der Waals surface area (Å²) in [4.78, 5) is 4.69. The van der Waals surface area contributed by atoms with Crippen molar-refractivity contribution in [2.45, 2.75) is 12.8 Å². The number of fused-ring (bicyclic) bond motifs is 1. The summed E-state index contributed by atoms with van der Waals surface area (Å²) in [6.07, 6.45) is 2.38. The van der Waals surface area contributed by atoms with E-state index in [0.717, 1.165) is 36.7 Å². The molecule has 3 nitrogen and oxygen atoms in total. The molecular weight excluding hydrogens is 232 g/mol. The van der Waals surface area contributed by atoms with E-state index < -0.39 is 0 Å². The molecule has 90 valence electrons. The Hall–Kier alpha value is -1.13. The average molecular weight is 248 g/mol. The second kappa shape index (κ2) is 4.63. The predicted octanol–water partition coefficient (Wildman–Crippen LogP) is 2.46. The molecule has 4 heteroatoms. The van der Waals surface area contributed by atoms with Crippen LogP contribution in [-0.4, -0.2) is 25.2 Å². The van der Waals surface area contributed by atoms with Crippen molar-refractivity contribution in [2.75, 3.05) is 20.2 Å². The molecule has 0 spiro atoms. The van der Waals surface area contributed by atoms with Gasteiger partial charge in [-0.2, -0.15) is 0 Å². The second-order valence-electron chi connectivity index (χ2n) is 4.50. The van der Waals surface area contributed by atoms with Gasteiger partial charge in [-0.15, -0.1) is 11.3 Å². The third-order valence-corrected chi connectivity index (χ3v) is 4.31. The molecule has 1 aromatic heterocycles. The number of nitrogens with zero attached hydrogens (tertiary/aromatic N) is 1. The lowest BCUT2D eigenvalue weighted by Crippen LogP contribution is -2.10. The number of methoxy groups -OCH3 is 1. The quantitative estimate of drug-likeness (QED) is 0.906. The van der Waals surface area contributed by atoms with Crippen LogP contribution in [0.5, 0.6) is 5.75 Å². The number of thiazole rings is 1. The van der Waals surface area contributed by atoms with Crippen molar-refractivity contribution in [3.63, 3.8) is 0 Å². The highest BCUT2D eigenvalue weighted by Crippen LogP contribution is 2.28. The van der Waals surface area contributed by atoms with E-state index in [2.05, 4.69) is 16.4 Å². The zero-order valence-corrected chi connectivity index (χ0v) is 10.7. The highest BCUT2D eigenvalue weighted by atomic mass is 32.1. The van der Waals surface area contributed by atoms with Gasteiger partial charge in [0.25, 0.3) is 0 Å². The summed E-state index contributed by atoms with van der Waals surface area (Å²) in [5, 5.41) is 4.65. The number of hydrogen-bond acceptors (Lipinski definition) is 4. The standard InChI is InChI=1S/C13H16N2OS/c1-16-10-2-3-11-12(7-10)17-13(15-11)6-9-4-5-14-8-9/h2-3,7,9,14H,4-6,8H2,1H3. The van der Waals surface area contributed by atoms with Crippen molar-refractivity contribution in [1.29, 1.82) is 0 Å². The molecule has 1 aliphatic rings. The highest BCUT2D eigenvalue weighted by Gasteiger charge is 2.17. The molecule has 0 bridgehead atoms. The molecule has 17 heavy (non-hydrogen) atoms. The van der Waals surface area contributed by atoms with Crippen LogP contribution in [0, 0.1) is 5.92 Å². The molecule has 2 heterocycles. The van der Waals surface area contributed by atoms with Gasteiger partial charge < -0.3 is 10.1 Å². The second-order valence-corrected chi connectivity index (χ2v) is 5.62. The van der Waals surface area contributed by atoms with Crippen LogP contribution in [0.15, 0.2) is 18.2 Å². The van der Waals surface area contributed by atoms with Crippen molar-refractivity contribution in [2.24, 2.45) is 5.92 Å². The minimum atomic E-state index is 0.762. The van der Waals surface area contributed by atoms with Gasteiger partial charge in [0, 0.05) is 6.42 Å². The number of rotatable bonds is 3. The molecular formula is C13H16N2OS. The van der Waals surface area contributed by atoms with Crippen molar-refractivity contribution < 1.29 is 4.74 Å². The van der Waals surface area contributed by atoms with Gasteiger partial charge in [-0.25, -0.2) is 4.98 Å². The molecule has 2 aromatic rings. The maximum atomic E-state index is 5.23. The van der Waals surface area contributed by atoms with Crippen LogP contribution >= 0.6 is 11.3 Å². The Morgan fingerprint density at radius 2 is 2.47 bits per heavy atom. The molecule has 0 aliphatic carbocycles. The van der Waals surface area contributed by atoms with Crippen molar-refractivity contribution >= 4 is 21.6 Å². The molecule has 1 aliphatic heterocycles. The van der Waals surface area contributed by atoms with Crippen molar-refractivity contribution in [3.8, 4) is 5.75 Å². The fourth-order valence-electron chi connectivity index (χ4n) is 2.30. The van der Waals surface area contributed by atoms with Crippen molar-refractivity contribution in [1.82, 2.24) is 10.3 Å². The lowest BCUT2D eigenvalue weighted by atomic mass is 10.1. The molecule has 1 N–H and O–H groups in total. The van der Waals surface area contributed by atoms with Crippen LogP contribution < -0.4 is 10.1 Å². The minimum Gasteiger partial charge on any atom is -0.497 e. The van der Waals surface area contributed by atoms with Gasteiger partial charge in [0.05, 0.1) is 22.3 Å². The fraction of sp³-hybridized carbons (Fsp3) is 0.462. The number of hydrogen-bond donors (Lipinski definition) is 1. The van der Waals surface area contributed by atoms with Gasteiger partial charge in [0.1, 0.15) is 5.75 Å². The summed E-state index contributed by atoms with van der Waals surface area (Å²) >= 11 is 1.79. The lowest BCUT2D eigenvalue weighted by Gasteiger charge is -2.03. The van der Waals surface area contributed by atoms with E-state index in [4.69, 9.17) is 4.74 Å². The Balaban J connectivity index is 1.85. The summed E-state index contributed by atoms with van der Waals surface area (Å²) in [6, 6.07) is 6.09. The van der Waals surface area contributed by atoms with Crippen LogP contribution in [0.2, 0.25) is 0 Å². The summed E-state index contributed by atoms with van der Waals surface area (Å²) in [5.41, 5.74) is 1.09. The Labute approximate surface area is 105 Å². The van der Waals surface area contributed by atoms with E-state index in [1.165, 1.54) is 16.1 Å². The van der Waals surface area contributed by atoms with Gasteiger partial charge in [-0.05, 0) is 43.6 Å². The van der Waals surface area contributed by atoms with E-state index in [-0.39, 0.29) is 0 Å². The van der Waals surface area contributed by atoms with Crippen LogP contribution in [0.4, 0.5) is 0 Å². The Morgan fingerprint density at radius 1 is 1.53 bits per heavy atom. The monoisotopic (exact) mass is 248 g/mol. The maximum Gasteiger partial charge on any atom is 0.120 e. The number of aromatic nitrogens is 1. The maximum absolute atomic E-state index is 5.23. The molecule has 0 amide bonds. The van der Waals surface area contributed by atoms with E-state index in [1.807, 2.05) is 12.1 Å². The average Bonchev–Trinajstić information content (AvgIpc) is 2.96. The van der Waals surface area contributed by atoms with E-state index in [1.54, 1.807) is 18.4 Å². The smallest absolute Gasteiger partial charge is 0.120 e. The van der Waals surface area contributed by atoms with Crippen molar-refractivity contribution in [3.05, 3.63) is 23.2 Å². The molecule has 1 fully saturated rings. The highest BCUT2D eigenvalue weighted by molar-refractivity contribution is 7.18. The molecule has 1 aromatic carbocycles. The number of benzene rings is 1. The van der Waals surface area contributed by atoms with Crippen LogP contribution in [0.25, 0.3) is 10.2 Å². The fourth-order valence-corrected chi connectivity index (χ4v) is 3.41. The summed E-state index contributed by atoms with van der Waals surface area (Å²) in [6.45, 7) is 2.29. The normalized spacial score (nSPS) is 19.9. The van der Waals surface area contributed by atoms with Crippen LogP contribution in [0.1, 0.15) is 11.4 Å². The van der Waals surface area contributed by atoms with Crippen LogP contribution in [-0.2, 0) is 6.42 Å². The first-order chi connectivity index (χ1) is 8.35.